The van der Waals surface area contributed by atoms with Gasteiger partial charge in [-0.15, -0.1) is 0 Å². The van der Waals surface area contributed by atoms with Crippen molar-refractivity contribution < 1.29 is 9.53 Å². The summed E-state index contributed by atoms with van der Waals surface area (Å²) in [4.78, 5) is 11.7. The van der Waals surface area contributed by atoms with Crippen LogP contribution in [0, 0.1) is 0 Å². The summed E-state index contributed by atoms with van der Waals surface area (Å²) in [7, 11) is 1.59. The molecule has 78 valence electrons. The first-order valence-corrected chi connectivity index (χ1v) is 4.89. The Morgan fingerprint density at radius 3 is 2.60 bits per heavy atom. The van der Waals surface area contributed by atoms with Gasteiger partial charge >= 0.3 is 0 Å². The van der Waals surface area contributed by atoms with E-state index < -0.39 is 0 Å². The molecule has 0 bridgehead atoms. The molecule has 0 aliphatic heterocycles. The molecule has 0 saturated carbocycles. The van der Waals surface area contributed by atoms with Gasteiger partial charge in [0.2, 0.25) is 0 Å². The third-order valence-electron chi connectivity index (χ3n) is 2.60. The van der Waals surface area contributed by atoms with Gasteiger partial charge in [0.15, 0.2) is 5.78 Å². The van der Waals surface area contributed by atoms with Crippen molar-refractivity contribution in [2.75, 3.05) is 7.11 Å². The van der Waals surface area contributed by atoms with E-state index >= 15 is 0 Å². The van der Waals surface area contributed by atoms with Crippen molar-refractivity contribution in [2.24, 2.45) is 5.73 Å². The van der Waals surface area contributed by atoms with E-state index in [4.69, 9.17) is 10.5 Å². The molecule has 1 aliphatic rings. The maximum atomic E-state index is 11.7. The number of benzene rings is 1. The van der Waals surface area contributed by atoms with Crippen LogP contribution < -0.4 is 10.5 Å². The minimum Gasteiger partial charge on any atom is -0.496 e. The topological polar surface area (TPSA) is 52.3 Å². The highest BCUT2D eigenvalue weighted by molar-refractivity contribution is 6.24. The fraction of sp³-hybridized carbons (Fsp3) is 0.250. The standard InChI is InChI=1S/C12H13NO2/c1-15-11-5-3-2-4-8(11)12-9(13)6-7-10(12)14/h2-5H,6-7,13H2,1H3. The van der Waals surface area contributed by atoms with Crippen LogP contribution in [0.25, 0.3) is 5.57 Å². The van der Waals surface area contributed by atoms with Crippen molar-refractivity contribution in [3.05, 3.63) is 35.5 Å². The van der Waals surface area contributed by atoms with Gasteiger partial charge in [0.05, 0.1) is 7.11 Å². The summed E-state index contributed by atoms with van der Waals surface area (Å²) in [5.41, 5.74) is 7.94. The maximum Gasteiger partial charge on any atom is 0.165 e. The molecule has 3 heteroatoms. The number of nitrogens with two attached hydrogens (primary N) is 1. The van der Waals surface area contributed by atoms with Gasteiger partial charge < -0.3 is 10.5 Å². The van der Waals surface area contributed by atoms with Gasteiger partial charge in [0.25, 0.3) is 0 Å². The van der Waals surface area contributed by atoms with E-state index in [0.717, 1.165) is 5.56 Å². The molecule has 0 saturated heterocycles. The van der Waals surface area contributed by atoms with E-state index in [0.29, 0.717) is 29.9 Å². The zero-order valence-electron chi connectivity index (χ0n) is 8.62. The lowest BCUT2D eigenvalue weighted by molar-refractivity contribution is -0.113. The predicted octanol–water partition coefficient (Wildman–Crippen LogP) is 1.73. The minimum absolute atomic E-state index is 0.108. The van der Waals surface area contributed by atoms with Crippen molar-refractivity contribution in [1.82, 2.24) is 0 Å². The smallest absolute Gasteiger partial charge is 0.165 e. The van der Waals surface area contributed by atoms with Crippen LogP contribution in [0.15, 0.2) is 30.0 Å². The summed E-state index contributed by atoms with van der Waals surface area (Å²) in [6, 6.07) is 7.45. The molecule has 0 fully saturated rings. The highest BCUT2D eigenvalue weighted by atomic mass is 16.5. The first-order valence-electron chi connectivity index (χ1n) is 4.89. The number of ether oxygens (including phenoxy) is 1. The Bertz CT molecular complexity index is 435. The molecule has 0 amide bonds. The van der Waals surface area contributed by atoms with Crippen LogP contribution in [-0.4, -0.2) is 12.9 Å². The summed E-state index contributed by atoms with van der Waals surface area (Å²) < 4.78 is 5.21. The second kappa shape index (κ2) is 3.77. The number of hydrogen-bond acceptors (Lipinski definition) is 3. The van der Waals surface area contributed by atoms with Gasteiger partial charge in [-0.05, 0) is 12.5 Å². The second-order valence-corrected chi connectivity index (χ2v) is 3.52. The van der Waals surface area contributed by atoms with Crippen molar-refractivity contribution in [3.8, 4) is 5.75 Å². The molecule has 0 aromatic heterocycles. The van der Waals surface area contributed by atoms with Crippen LogP contribution in [0.2, 0.25) is 0 Å². The van der Waals surface area contributed by atoms with E-state index in [-0.39, 0.29) is 5.78 Å². The maximum absolute atomic E-state index is 11.7. The van der Waals surface area contributed by atoms with Crippen LogP contribution in [-0.2, 0) is 4.79 Å². The number of allylic oxidation sites excluding steroid dienone is 2. The molecule has 1 aliphatic carbocycles. The molecule has 0 spiro atoms. The Morgan fingerprint density at radius 1 is 1.27 bits per heavy atom. The van der Waals surface area contributed by atoms with Crippen molar-refractivity contribution in [1.29, 1.82) is 0 Å². The number of rotatable bonds is 2. The Morgan fingerprint density at radius 2 is 2.00 bits per heavy atom. The van der Waals surface area contributed by atoms with Crippen molar-refractivity contribution in [3.63, 3.8) is 0 Å². The average molecular weight is 203 g/mol. The van der Waals surface area contributed by atoms with Crippen LogP contribution in [0.1, 0.15) is 18.4 Å². The molecule has 0 atom stereocenters. The molecular weight excluding hydrogens is 190 g/mol. The van der Waals surface area contributed by atoms with E-state index in [9.17, 15) is 4.79 Å². The Labute approximate surface area is 88.5 Å². The highest BCUT2D eigenvalue weighted by Crippen LogP contribution is 2.33. The van der Waals surface area contributed by atoms with E-state index in [1.54, 1.807) is 7.11 Å². The number of para-hydroxylation sites is 1. The summed E-state index contributed by atoms with van der Waals surface area (Å²) in [6.45, 7) is 0. The molecule has 2 N–H and O–H groups in total. The van der Waals surface area contributed by atoms with Crippen LogP contribution >= 0.6 is 0 Å². The van der Waals surface area contributed by atoms with Gasteiger partial charge in [-0.25, -0.2) is 0 Å². The van der Waals surface area contributed by atoms with Crippen molar-refractivity contribution >= 4 is 11.4 Å². The lowest BCUT2D eigenvalue weighted by atomic mass is 10.0. The zero-order chi connectivity index (χ0) is 10.8. The molecule has 0 unspecified atom stereocenters. The van der Waals surface area contributed by atoms with E-state index in [1.807, 2.05) is 24.3 Å². The summed E-state index contributed by atoms with van der Waals surface area (Å²) in [5, 5.41) is 0. The molecule has 15 heavy (non-hydrogen) atoms. The quantitative estimate of drug-likeness (QED) is 0.796. The number of hydrogen-bond donors (Lipinski definition) is 1. The van der Waals surface area contributed by atoms with Crippen LogP contribution in [0.5, 0.6) is 5.75 Å². The zero-order valence-corrected chi connectivity index (χ0v) is 8.62. The Kier molecular flexibility index (Phi) is 2.46. The SMILES string of the molecule is COc1ccccc1C1=C(N)CCC1=O. The third kappa shape index (κ3) is 1.61. The van der Waals surface area contributed by atoms with Gasteiger partial charge in [-0.1, -0.05) is 18.2 Å². The first-order chi connectivity index (χ1) is 7.24. The van der Waals surface area contributed by atoms with Crippen molar-refractivity contribution in [2.45, 2.75) is 12.8 Å². The predicted molar refractivity (Wildman–Crippen MR) is 58.3 cm³/mol. The molecule has 2 rings (SSSR count). The first kappa shape index (κ1) is 9.77. The number of Topliss-reactive ketones (excluding diaryl/α,β-unsaturated/α-hetero) is 1. The summed E-state index contributed by atoms with van der Waals surface area (Å²) >= 11 is 0. The lowest BCUT2D eigenvalue weighted by Crippen LogP contribution is -2.02. The molecular formula is C12H13NO2. The molecule has 0 radical (unpaired) electrons. The average Bonchev–Trinajstić information content (AvgIpc) is 2.59. The normalized spacial score (nSPS) is 15.9. The summed E-state index contributed by atoms with van der Waals surface area (Å²) in [5.74, 6) is 0.808. The largest absolute Gasteiger partial charge is 0.496 e. The van der Waals surface area contributed by atoms with Crippen LogP contribution in [0.4, 0.5) is 0 Å². The lowest BCUT2D eigenvalue weighted by Gasteiger charge is -2.08. The number of carbonyl (C=O) groups excluding carboxylic acids is 1. The minimum atomic E-state index is 0.108. The molecule has 1 aromatic rings. The van der Waals surface area contributed by atoms with Gasteiger partial charge in [-0.2, -0.15) is 0 Å². The second-order valence-electron chi connectivity index (χ2n) is 3.52. The fourth-order valence-corrected chi connectivity index (χ4v) is 1.85. The fourth-order valence-electron chi connectivity index (χ4n) is 1.85. The van der Waals surface area contributed by atoms with Gasteiger partial charge in [0, 0.05) is 23.3 Å². The third-order valence-corrected chi connectivity index (χ3v) is 2.60. The number of ketones is 1. The monoisotopic (exact) mass is 203 g/mol. The summed E-state index contributed by atoms with van der Waals surface area (Å²) in [6.07, 6.45) is 1.17. The molecule has 3 nitrogen and oxygen atoms in total. The Balaban J connectivity index is 2.54. The van der Waals surface area contributed by atoms with Crippen LogP contribution in [0.3, 0.4) is 0 Å². The van der Waals surface area contributed by atoms with Gasteiger partial charge in [-0.3, -0.25) is 4.79 Å². The molecule has 0 heterocycles. The Hall–Kier alpha value is -1.77. The van der Waals surface area contributed by atoms with E-state index in [2.05, 4.69) is 0 Å². The molecule has 1 aromatic carbocycles. The van der Waals surface area contributed by atoms with Gasteiger partial charge in [0.1, 0.15) is 5.75 Å². The van der Waals surface area contributed by atoms with E-state index in [1.165, 1.54) is 0 Å². The highest BCUT2D eigenvalue weighted by Gasteiger charge is 2.24. The number of carbonyl (C=O) groups is 1. The number of methoxy groups -OCH3 is 1.